The van der Waals surface area contributed by atoms with Crippen LogP contribution in [0.3, 0.4) is 0 Å². The predicted molar refractivity (Wildman–Crippen MR) is 100 cm³/mol. The standard InChI is InChI=1S/C19H18ClN3O2/c1-11-12(2)22-17-8-3-13(9-16(11)17)19(25)21-10-18(24)23-15-6-4-14(20)5-7-15/h3-9,22H,10H2,1-2H3,(H,21,25)(H,23,24). The van der Waals surface area contributed by atoms with E-state index in [9.17, 15) is 9.59 Å². The highest BCUT2D eigenvalue weighted by Gasteiger charge is 2.11. The number of carbonyl (C=O) groups excluding carboxylic acids is 2. The van der Waals surface area contributed by atoms with Crippen LogP contribution in [0.2, 0.25) is 5.02 Å². The number of nitrogens with one attached hydrogen (secondary N) is 3. The molecule has 25 heavy (non-hydrogen) atoms. The van der Waals surface area contributed by atoms with E-state index in [1.165, 1.54) is 0 Å². The summed E-state index contributed by atoms with van der Waals surface area (Å²) in [5, 5.41) is 6.94. The molecule has 0 atom stereocenters. The van der Waals surface area contributed by atoms with Gasteiger partial charge in [0, 0.05) is 32.9 Å². The van der Waals surface area contributed by atoms with Crippen LogP contribution in [0.15, 0.2) is 42.5 Å². The van der Waals surface area contributed by atoms with Crippen molar-refractivity contribution >= 4 is 40.0 Å². The third-order valence-corrected chi connectivity index (χ3v) is 4.36. The van der Waals surface area contributed by atoms with Crippen LogP contribution in [0.1, 0.15) is 21.6 Å². The molecule has 0 spiro atoms. The lowest BCUT2D eigenvalue weighted by Crippen LogP contribution is -2.32. The van der Waals surface area contributed by atoms with Gasteiger partial charge in [0.05, 0.1) is 6.54 Å². The Morgan fingerprint density at radius 2 is 1.80 bits per heavy atom. The number of aryl methyl sites for hydroxylation is 2. The third kappa shape index (κ3) is 3.83. The van der Waals surface area contributed by atoms with E-state index in [2.05, 4.69) is 15.6 Å². The molecule has 0 aliphatic carbocycles. The van der Waals surface area contributed by atoms with Crippen LogP contribution in [0.5, 0.6) is 0 Å². The average Bonchev–Trinajstić information content (AvgIpc) is 2.89. The van der Waals surface area contributed by atoms with Crippen molar-refractivity contribution in [3.8, 4) is 0 Å². The van der Waals surface area contributed by atoms with Gasteiger partial charge in [0.1, 0.15) is 0 Å². The molecular formula is C19H18ClN3O2. The van der Waals surface area contributed by atoms with Gasteiger partial charge in [0.15, 0.2) is 0 Å². The maximum atomic E-state index is 12.3. The van der Waals surface area contributed by atoms with Crippen molar-refractivity contribution in [3.63, 3.8) is 0 Å². The molecule has 3 aromatic rings. The monoisotopic (exact) mass is 355 g/mol. The largest absolute Gasteiger partial charge is 0.358 e. The summed E-state index contributed by atoms with van der Waals surface area (Å²) in [6, 6.07) is 12.2. The number of aromatic nitrogens is 1. The van der Waals surface area contributed by atoms with E-state index in [1.54, 1.807) is 30.3 Å². The Bertz CT molecular complexity index is 945. The second-order valence-electron chi connectivity index (χ2n) is 5.87. The van der Waals surface area contributed by atoms with Crippen LogP contribution >= 0.6 is 11.6 Å². The minimum absolute atomic E-state index is 0.107. The zero-order valence-corrected chi connectivity index (χ0v) is 14.7. The van der Waals surface area contributed by atoms with E-state index in [-0.39, 0.29) is 18.4 Å². The summed E-state index contributed by atoms with van der Waals surface area (Å²) < 4.78 is 0. The number of hydrogen-bond acceptors (Lipinski definition) is 2. The van der Waals surface area contributed by atoms with Crippen LogP contribution in [0.4, 0.5) is 5.69 Å². The molecule has 2 amide bonds. The fourth-order valence-electron chi connectivity index (χ4n) is 2.60. The molecule has 3 N–H and O–H groups in total. The number of hydrogen-bond donors (Lipinski definition) is 3. The number of anilines is 1. The highest BCUT2D eigenvalue weighted by molar-refractivity contribution is 6.30. The van der Waals surface area contributed by atoms with Crippen LogP contribution in [0, 0.1) is 13.8 Å². The first kappa shape index (κ1) is 17.0. The van der Waals surface area contributed by atoms with Gasteiger partial charge in [-0.1, -0.05) is 11.6 Å². The summed E-state index contributed by atoms with van der Waals surface area (Å²) in [4.78, 5) is 27.5. The predicted octanol–water partition coefficient (Wildman–Crippen LogP) is 3.81. The highest BCUT2D eigenvalue weighted by atomic mass is 35.5. The number of aromatic amines is 1. The molecule has 1 heterocycles. The van der Waals surface area contributed by atoms with Gasteiger partial charge in [0.25, 0.3) is 5.91 Å². The maximum absolute atomic E-state index is 12.3. The molecule has 0 aliphatic heterocycles. The van der Waals surface area contributed by atoms with Crippen molar-refractivity contribution in [2.45, 2.75) is 13.8 Å². The number of H-pyrrole nitrogens is 1. The van der Waals surface area contributed by atoms with Crippen molar-refractivity contribution in [2.24, 2.45) is 0 Å². The molecule has 0 unspecified atom stereocenters. The van der Waals surface area contributed by atoms with E-state index in [0.29, 0.717) is 16.3 Å². The molecule has 2 aromatic carbocycles. The number of amides is 2. The van der Waals surface area contributed by atoms with Gasteiger partial charge < -0.3 is 15.6 Å². The third-order valence-electron chi connectivity index (χ3n) is 4.11. The molecule has 0 saturated carbocycles. The van der Waals surface area contributed by atoms with E-state index in [0.717, 1.165) is 22.2 Å². The first-order valence-corrected chi connectivity index (χ1v) is 8.24. The van der Waals surface area contributed by atoms with Gasteiger partial charge in [-0.15, -0.1) is 0 Å². The van der Waals surface area contributed by atoms with Gasteiger partial charge in [-0.05, 0) is 61.9 Å². The van der Waals surface area contributed by atoms with Crippen LogP contribution in [-0.4, -0.2) is 23.3 Å². The van der Waals surface area contributed by atoms with E-state index >= 15 is 0 Å². The summed E-state index contributed by atoms with van der Waals surface area (Å²) in [5.74, 6) is -0.586. The zero-order chi connectivity index (χ0) is 18.0. The number of rotatable bonds is 4. The van der Waals surface area contributed by atoms with Crippen LogP contribution < -0.4 is 10.6 Å². The molecule has 0 bridgehead atoms. The number of halogens is 1. The Kier molecular flexibility index (Phi) is 4.76. The lowest BCUT2D eigenvalue weighted by molar-refractivity contribution is -0.115. The van der Waals surface area contributed by atoms with Crippen LogP contribution in [-0.2, 0) is 4.79 Å². The molecule has 5 nitrogen and oxygen atoms in total. The number of fused-ring (bicyclic) bond motifs is 1. The average molecular weight is 356 g/mol. The van der Waals surface area contributed by atoms with E-state index < -0.39 is 0 Å². The summed E-state index contributed by atoms with van der Waals surface area (Å²) in [6.07, 6.45) is 0. The number of carbonyl (C=O) groups is 2. The molecule has 0 fully saturated rings. The lowest BCUT2D eigenvalue weighted by atomic mass is 10.1. The van der Waals surface area contributed by atoms with Crippen molar-refractivity contribution in [1.82, 2.24) is 10.3 Å². The van der Waals surface area contributed by atoms with Crippen molar-refractivity contribution < 1.29 is 9.59 Å². The molecule has 6 heteroatoms. The summed E-state index contributed by atoms with van der Waals surface area (Å²) in [7, 11) is 0. The lowest BCUT2D eigenvalue weighted by Gasteiger charge is -2.07. The Morgan fingerprint density at radius 3 is 2.52 bits per heavy atom. The molecule has 3 rings (SSSR count). The number of benzene rings is 2. The summed E-state index contributed by atoms with van der Waals surface area (Å²) in [6.45, 7) is 3.90. The first-order chi connectivity index (χ1) is 11.9. The van der Waals surface area contributed by atoms with Gasteiger partial charge >= 0.3 is 0 Å². The van der Waals surface area contributed by atoms with Gasteiger partial charge in [-0.2, -0.15) is 0 Å². The molecular weight excluding hydrogens is 338 g/mol. The Labute approximate surface area is 150 Å². The van der Waals surface area contributed by atoms with Crippen LogP contribution in [0.25, 0.3) is 10.9 Å². The van der Waals surface area contributed by atoms with Crippen molar-refractivity contribution in [3.05, 3.63) is 64.3 Å². The maximum Gasteiger partial charge on any atom is 0.251 e. The smallest absolute Gasteiger partial charge is 0.251 e. The topological polar surface area (TPSA) is 74.0 Å². The second kappa shape index (κ2) is 6.99. The molecule has 1 aromatic heterocycles. The quantitative estimate of drug-likeness (QED) is 0.665. The Balaban J connectivity index is 1.63. The minimum Gasteiger partial charge on any atom is -0.358 e. The Morgan fingerprint density at radius 1 is 1.08 bits per heavy atom. The fraction of sp³-hybridized carbons (Fsp3) is 0.158. The van der Waals surface area contributed by atoms with Crippen molar-refractivity contribution in [1.29, 1.82) is 0 Å². The summed E-state index contributed by atoms with van der Waals surface area (Å²) in [5.41, 5.74) is 4.34. The van der Waals surface area contributed by atoms with E-state index in [1.807, 2.05) is 26.0 Å². The van der Waals surface area contributed by atoms with Gasteiger partial charge in [-0.25, -0.2) is 0 Å². The molecule has 0 radical (unpaired) electrons. The minimum atomic E-state index is -0.301. The molecule has 0 aliphatic rings. The molecule has 0 saturated heterocycles. The normalized spacial score (nSPS) is 10.7. The zero-order valence-electron chi connectivity index (χ0n) is 13.9. The molecule has 128 valence electrons. The van der Waals surface area contributed by atoms with Gasteiger partial charge in [0.2, 0.25) is 5.91 Å². The fourth-order valence-corrected chi connectivity index (χ4v) is 2.73. The van der Waals surface area contributed by atoms with Gasteiger partial charge in [-0.3, -0.25) is 9.59 Å². The second-order valence-corrected chi connectivity index (χ2v) is 6.31. The first-order valence-electron chi connectivity index (χ1n) is 7.86. The Hall–Kier alpha value is -2.79. The highest BCUT2D eigenvalue weighted by Crippen LogP contribution is 2.22. The van der Waals surface area contributed by atoms with E-state index in [4.69, 9.17) is 11.6 Å². The summed E-state index contributed by atoms with van der Waals surface area (Å²) >= 11 is 5.80. The SMILES string of the molecule is Cc1[nH]c2ccc(C(=O)NCC(=O)Nc3ccc(Cl)cc3)cc2c1C. The van der Waals surface area contributed by atoms with Crippen molar-refractivity contribution in [2.75, 3.05) is 11.9 Å².